The van der Waals surface area contributed by atoms with Gasteiger partial charge in [-0.25, -0.2) is 0 Å². The van der Waals surface area contributed by atoms with Crippen molar-refractivity contribution in [3.05, 3.63) is 29.8 Å². The number of ether oxygens (including phenoxy) is 1. The lowest BCUT2D eigenvalue weighted by atomic mass is 9.84. The van der Waals surface area contributed by atoms with E-state index in [2.05, 4.69) is 0 Å². The van der Waals surface area contributed by atoms with Crippen LogP contribution in [-0.2, 0) is 4.79 Å². The molecule has 2 bridgehead atoms. The van der Waals surface area contributed by atoms with Gasteiger partial charge in [-0.15, -0.1) is 0 Å². The van der Waals surface area contributed by atoms with Gasteiger partial charge in [0.15, 0.2) is 0 Å². The van der Waals surface area contributed by atoms with Crippen LogP contribution >= 0.6 is 0 Å². The second kappa shape index (κ2) is 8.37. The molecule has 1 amide bonds. The molecule has 1 aromatic rings. The van der Waals surface area contributed by atoms with Gasteiger partial charge in [0.05, 0.1) is 11.6 Å². The van der Waals surface area contributed by atoms with E-state index in [1.807, 2.05) is 11.0 Å². The monoisotopic (exact) mass is 397 g/mol. The van der Waals surface area contributed by atoms with Gasteiger partial charge in [0.2, 0.25) is 0 Å². The molecule has 2 aliphatic heterocycles. The van der Waals surface area contributed by atoms with Gasteiger partial charge >= 0.3 is 12.1 Å². The SMILES string of the molecule is N#Cc1ccc(OCC(O)CN2CC3CC(C2)CN(C(=O)C(F)(F)F)C3)cc1. The number of hydrogen-bond donors (Lipinski definition) is 1. The number of halogens is 3. The van der Waals surface area contributed by atoms with Crippen molar-refractivity contribution in [2.24, 2.45) is 11.8 Å². The van der Waals surface area contributed by atoms with Crippen LogP contribution < -0.4 is 4.74 Å². The average molecular weight is 397 g/mol. The van der Waals surface area contributed by atoms with E-state index in [-0.39, 0.29) is 31.5 Å². The van der Waals surface area contributed by atoms with E-state index in [1.54, 1.807) is 24.3 Å². The third-order valence-corrected chi connectivity index (χ3v) is 5.08. The van der Waals surface area contributed by atoms with Crippen molar-refractivity contribution >= 4 is 5.91 Å². The van der Waals surface area contributed by atoms with Gasteiger partial charge in [-0.3, -0.25) is 9.69 Å². The topological polar surface area (TPSA) is 76.8 Å². The summed E-state index contributed by atoms with van der Waals surface area (Å²) in [5.41, 5.74) is 0.519. The molecule has 2 aliphatic rings. The first kappa shape index (κ1) is 20.4. The average Bonchev–Trinajstić information content (AvgIpc) is 2.64. The number of hydrogen-bond acceptors (Lipinski definition) is 5. The predicted octanol–water partition coefficient (Wildman–Crippen LogP) is 1.64. The van der Waals surface area contributed by atoms with Gasteiger partial charge < -0.3 is 14.7 Å². The van der Waals surface area contributed by atoms with Crippen LogP contribution in [0.1, 0.15) is 12.0 Å². The van der Waals surface area contributed by atoms with Crippen molar-refractivity contribution in [2.75, 3.05) is 39.3 Å². The summed E-state index contributed by atoms with van der Waals surface area (Å²) < 4.78 is 43.5. The molecule has 2 fully saturated rings. The zero-order valence-corrected chi connectivity index (χ0v) is 15.2. The zero-order valence-electron chi connectivity index (χ0n) is 15.2. The third kappa shape index (κ3) is 5.14. The van der Waals surface area contributed by atoms with Gasteiger partial charge in [0.1, 0.15) is 18.5 Å². The molecule has 1 N–H and O–H groups in total. The maximum Gasteiger partial charge on any atom is 0.471 e. The molecule has 0 spiro atoms. The van der Waals surface area contributed by atoms with E-state index in [1.165, 1.54) is 0 Å². The summed E-state index contributed by atoms with van der Waals surface area (Å²) in [5, 5.41) is 19.0. The normalized spacial score (nSPS) is 23.8. The molecule has 3 unspecified atom stereocenters. The molecule has 9 heteroatoms. The third-order valence-electron chi connectivity index (χ3n) is 5.08. The summed E-state index contributed by atoms with van der Waals surface area (Å²) in [6.07, 6.45) is -4.78. The molecule has 0 saturated carbocycles. The lowest BCUT2D eigenvalue weighted by Crippen LogP contribution is -2.57. The Morgan fingerprint density at radius 2 is 1.82 bits per heavy atom. The van der Waals surface area contributed by atoms with Crippen LogP contribution in [0.3, 0.4) is 0 Å². The second-order valence-electron chi connectivity index (χ2n) is 7.50. The minimum Gasteiger partial charge on any atom is -0.491 e. The molecule has 1 aromatic carbocycles. The Bertz CT molecular complexity index is 719. The number of benzene rings is 1. The highest BCUT2D eigenvalue weighted by atomic mass is 19.4. The number of fused-ring (bicyclic) bond motifs is 2. The Balaban J connectivity index is 1.46. The molecule has 28 heavy (non-hydrogen) atoms. The Labute approximate surface area is 161 Å². The molecular weight excluding hydrogens is 375 g/mol. The first-order valence-corrected chi connectivity index (χ1v) is 9.14. The second-order valence-corrected chi connectivity index (χ2v) is 7.50. The summed E-state index contributed by atoms with van der Waals surface area (Å²) >= 11 is 0. The van der Waals surface area contributed by atoms with Crippen molar-refractivity contribution in [1.29, 1.82) is 5.26 Å². The summed E-state index contributed by atoms with van der Waals surface area (Å²) in [6, 6.07) is 8.58. The number of likely N-dealkylation sites (tertiary alicyclic amines) is 2. The van der Waals surface area contributed by atoms with Crippen LogP contribution in [-0.4, -0.2) is 72.4 Å². The molecule has 6 nitrogen and oxygen atoms in total. The van der Waals surface area contributed by atoms with Crippen LogP contribution in [0.25, 0.3) is 0 Å². The van der Waals surface area contributed by atoms with Gasteiger partial charge in [0, 0.05) is 32.7 Å². The smallest absolute Gasteiger partial charge is 0.471 e. The van der Waals surface area contributed by atoms with Crippen molar-refractivity contribution in [1.82, 2.24) is 9.80 Å². The van der Waals surface area contributed by atoms with Gasteiger partial charge in [-0.2, -0.15) is 18.4 Å². The standard InChI is InChI=1S/C19H22F3N3O3/c20-19(21,22)18(27)25-9-14-5-15(10-25)8-24(7-14)11-16(26)12-28-17-3-1-13(6-23)2-4-17/h1-4,14-16,26H,5,7-12H2. The van der Waals surface area contributed by atoms with E-state index in [0.29, 0.717) is 30.9 Å². The van der Waals surface area contributed by atoms with Crippen LogP contribution in [0.5, 0.6) is 5.75 Å². The van der Waals surface area contributed by atoms with Crippen molar-refractivity contribution in [3.63, 3.8) is 0 Å². The minimum atomic E-state index is -4.83. The number of amides is 1. The predicted molar refractivity (Wildman–Crippen MR) is 93.3 cm³/mol. The highest BCUT2D eigenvalue weighted by Crippen LogP contribution is 2.31. The van der Waals surface area contributed by atoms with Crippen LogP contribution in [0.15, 0.2) is 24.3 Å². The number of aliphatic hydroxyl groups is 1. The number of piperidine rings is 2. The Hall–Kier alpha value is -2.31. The maximum atomic E-state index is 12.7. The summed E-state index contributed by atoms with van der Waals surface area (Å²) in [5.74, 6) is -1.25. The first-order valence-electron chi connectivity index (χ1n) is 9.14. The maximum absolute atomic E-state index is 12.7. The van der Waals surface area contributed by atoms with Gasteiger partial charge in [-0.05, 0) is 42.5 Å². The van der Waals surface area contributed by atoms with Crippen molar-refractivity contribution in [2.45, 2.75) is 18.7 Å². The number of carbonyl (C=O) groups excluding carboxylic acids is 1. The Kier molecular flexibility index (Phi) is 6.10. The molecule has 3 atom stereocenters. The van der Waals surface area contributed by atoms with E-state index in [4.69, 9.17) is 10.00 Å². The molecular formula is C19H22F3N3O3. The number of rotatable bonds is 5. The number of alkyl halides is 3. The summed E-state index contributed by atoms with van der Waals surface area (Å²) in [7, 11) is 0. The quantitative estimate of drug-likeness (QED) is 0.818. The fourth-order valence-corrected chi connectivity index (χ4v) is 4.05. The summed E-state index contributed by atoms with van der Waals surface area (Å²) in [6.45, 7) is 1.73. The number of nitrogens with zero attached hydrogens (tertiary/aromatic N) is 3. The minimum absolute atomic E-state index is 0.0227. The number of carbonyl (C=O) groups is 1. The molecule has 0 radical (unpaired) electrons. The number of nitriles is 1. The molecule has 152 valence electrons. The number of β-amino-alcohol motifs (C(OH)–C–C–N with tert-alkyl or cyclic N) is 1. The van der Waals surface area contributed by atoms with E-state index >= 15 is 0 Å². The lowest BCUT2D eigenvalue weighted by molar-refractivity contribution is -0.189. The number of aliphatic hydroxyl groups excluding tert-OH is 1. The van der Waals surface area contributed by atoms with Gasteiger partial charge in [-0.1, -0.05) is 0 Å². The molecule has 2 saturated heterocycles. The van der Waals surface area contributed by atoms with E-state index in [0.717, 1.165) is 11.3 Å². The fraction of sp³-hybridized carbons (Fsp3) is 0.579. The largest absolute Gasteiger partial charge is 0.491 e. The Morgan fingerprint density at radius 1 is 1.21 bits per heavy atom. The Morgan fingerprint density at radius 3 is 2.36 bits per heavy atom. The van der Waals surface area contributed by atoms with E-state index < -0.39 is 18.2 Å². The zero-order chi connectivity index (χ0) is 20.3. The molecule has 0 aliphatic carbocycles. The van der Waals surface area contributed by atoms with Gasteiger partial charge in [0.25, 0.3) is 0 Å². The molecule has 2 heterocycles. The van der Waals surface area contributed by atoms with Crippen LogP contribution in [0.2, 0.25) is 0 Å². The van der Waals surface area contributed by atoms with Crippen molar-refractivity contribution < 1.29 is 27.8 Å². The van der Waals surface area contributed by atoms with Crippen LogP contribution in [0, 0.1) is 23.2 Å². The van der Waals surface area contributed by atoms with Crippen LogP contribution in [0.4, 0.5) is 13.2 Å². The highest BCUT2D eigenvalue weighted by Gasteiger charge is 2.46. The fourth-order valence-electron chi connectivity index (χ4n) is 4.05. The highest BCUT2D eigenvalue weighted by molar-refractivity contribution is 5.82. The molecule has 3 rings (SSSR count). The van der Waals surface area contributed by atoms with E-state index in [9.17, 15) is 23.1 Å². The first-order chi connectivity index (χ1) is 13.2. The molecule has 0 aromatic heterocycles. The van der Waals surface area contributed by atoms with Crippen molar-refractivity contribution in [3.8, 4) is 11.8 Å². The summed E-state index contributed by atoms with van der Waals surface area (Å²) in [4.78, 5) is 14.4. The lowest BCUT2D eigenvalue weighted by Gasteiger charge is -2.46.